The van der Waals surface area contributed by atoms with Gasteiger partial charge in [0, 0.05) is 35.3 Å². The number of benzene rings is 2. The standard InChI is InChI=1S/C20H20N10O2S4/c1-29-19(23-25-27-29)33-11-17(31)21-13-3-7-15(8-4-13)35-36-16-9-5-14(6-10-16)22-18(32)12-34-20-24-26-28-30(20)2/h3-10H,11-12H2,1-2H3,(H,21,31)(H,22,32). The Kier molecular flexibility index (Phi) is 9.21. The Hall–Kier alpha value is -3.08. The molecule has 0 atom stereocenters. The normalized spacial score (nSPS) is 10.8. The first-order valence-corrected chi connectivity index (χ1v) is 14.4. The number of amides is 2. The molecule has 12 nitrogen and oxygen atoms in total. The maximum atomic E-state index is 12.2. The number of hydrogen-bond donors (Lipinski definition) is 2. The molecule has 0 aliphatic heterocycles. The van der Waals surface area contributed by atoms with E-state index in [0.717, 1.165) is 21.2 Å². The second-order valence-electron chi connectivity index (χ2n) is 7.06. The summed E-state index contributed by atoms with van der Waals surface area (Å²) in [5, 5.41) is 29.1. The van der Waals surface area contributed by atoms with Crippen LogP contribution in [0.25, 0.3) is 0 Å². The quantitative estimate of drug-likeness (QED) is 0.205. The summed E-state index contributed by atoms with van der Waals surface area (Å²) >= 11 is 2.54. The minimum absolute atomic E-state index is 0.130. The summed E-state index contributed by atoms with van der Waals surface area (Å²) in [6.45, 7) is 0. The van der Waals surface area contributed by atoms with Crippen LogP contribution in [0, 0.1) is 0 Å². The van der Waals surface area contributed by atoms with Crippen LogP contribution in [0.1, 0.15) is 0 Å². The molecule has 0 aliphatic rings. The van der Waals surface area contributed by atoms with E-state index in [1.165, 1.54) is 32.9 Å². The predicted molar refractivity (Wildman–Crippen MR) is 141 cm³/mol. The van der Waals surface area contributed by atoms with Crippen molar-refractivity contribution in [2.75, 3.05) is 22.1 Å². The third-order valence-electron chi connectivity index (χ3n) is 4.34. The largest absolute Gasteiger partial charge is 0.325 e. The van der Waals surface area contributed by atoms with Gasteiger partial charge < -0.3 is 10.6 Å². The molecular weight excluding hydrogens is 541 g/mol. The highest BCUT2D eigenvalue weighted by molar-refractivity contribution is 8.76. The SMILES string of the molecule is Cn1nnnc1SCC(=O)Nc1ccc(SSc2ccc(NC(=O)CSc3nnnn3C)cc2)cc1. The topological polar surface area (TPSA) is 145 Å². The van der Waals surface area contributed by atoms with E-state index in [4.69, 9.17) is 0 Å². The summed E-state index contributed by atoms with van der Waals surface area (Å²) in [6, 6.07) is 15.3. The first-order chi connectivity index (χ1) is 17.5. The Balaban J connectivity index is 1.18. The lowest BCUT2D eigenvalue weighted by Crippen LogP contribution is -2.14. The van der Waals surface area contributed by atoms with Crippen LogP contribution < -0.4 is 10.6 Å². The molecule has 0 aliphatic carbocycles. The Bertz CT molecular complexity index is 1210. The smallest absolute Gasteiger partial charge is 0.234 e. The molecule has 4 rings (SSSR count). The van der Waals surface area contributed by atoms with Gasteiger partial charge in [-0.15, -0.1) is 10.2 Å². The highest BCUT2D eigenvalue weighted by atomic mass is 33.1. The average Bonchev–Trinajstić information content (AvgIpc) is 3.49. The maximum Gasteiger partial charge on any atom is 0.234 e. The van der Waals surface area contributed by atoms with Gasteiger partial charge in [0.2, 0.25) is 22.1 Å². The van der Waals surface area contributed by atoms with Crippen molar-refractivity contribution < 1.29 is 9.59 Å². The van der Waals surface area contributed by atoms with E-state index in [-0.39, 0.29) is 23.3 Å². The summed E-state index contributed by atoms with van der Waals surface area (Å²) in [6.07, 6.45) is 0. The van der Waals surface area contributed by atoms with Gasteiger partial charge in [-0.2, -0.15) is 0 Å². The fourth-order valence-electron chi connectivity index (χ4n) is 2.63. The van der Waals surface area contributed by atoms with Crippen LogP contribution >= 0.6 is 45.1 Å². The van der Waals surface area contributed by atoms with Crippen LogP contribution in [0.4, 0.5) is 11.4 Å². The lowest BCUT2D eigenvalue weighted by atomic mass is 10.3. The molecule has 0 radical (unpaired) electrons. The van der Waals surface area contributed by atoms with Crippen LogP contribution in [-0.4, -0.2) is 63.7 Å². The minimum atomic E-state index is -0.130. The summed E-state index contributed by atoms with van der Waals surface area (Å²) in [5.74, 6) is 0.174. The third-order valence-corrected chi connectivity index (χ3v) is 8.78. The summed E-state index contributed by atoms with van der Waals surface area (Å²) in [4.78, 5) is 26.4. The number of carbonyl (C=O) groups is 2. The van der Waals surface area contributed by atoms with Crippen molar-refractivity contribution in [2.45, 2.75) is 20.1 Å². The highest BCUT2D eigenvalue weighted by Gasteiger charge is 2.10. The van der Waals surface area contributed by atoms with Crippen LogP contribution in [0.3, 0.4) is 0 Å². The Labute approximate surface area is 222 Å². The van der Waals surface area contributed by atoms with Gasteiger partial charge in [-0.3, -0.25) is 9.59 Å². The van der Waals surface area contributed by atoms with E-state index in [1.54, 1.807) is 35.7 Å². The number of nitrogens with zero attached hydrogens (tertiary/aromatic N) is 8. The van der Waals surface area contributed by atoms with Gasteiger partial charge in [0.05, 0.1) is 11.5 Å². The minimum Gasteiger partial charge on any atom is -0.325 e. The summed E-state index contributed by atoms with van der Waals surface area (Å²) in [5.41, 5.74) is 1.44. The van der Waals surface area contributed by atoms with Gasteiger partial charge in [0.1, 0.15) is 0 Å². The van der Waals surface area contributed by atoms with Gasteiger partial charge in [-0.05, 0) is 69.4 Å². The van der Waals surface area contributed by atoms with E-state index in [0.29, 0.717) is 10.3 Å². The zero-order chi connectivity index (χ0) is 25.3. The second kappa shape index (κ2) is 12.8. The monoisotopic (exact) mass is 560 g/mol. The van der Waals surface area contributed by atoms with E-state index >= 15 is 0 Å². The first-order valence-electron chi connectivity index (χ1n) is 10.3. The molecule has 186 valence electrons. The number of rotatable bonds is 11. The summed E-state index contributed by atoms with van der Waals surface area (Å²) in [7, 11) is 6.65. The molecule has 2 heterocycles. The Morgan fingerprint density at radius 1 is 0.694 bits per heavy atom. The lowest BCUT2D eigenvalue weighted by molar-refractivity contribution is -0.114. The van der Waals surface area contributed by atoms with E-state index in [2.05, 4.69) is 41.7 Å². The van der Waals surface area contributed by atoms with Gasteiger partial charge in [-0.1, -0.05) is 45.1 Å². The molecule has 4 aromatic rings. The molecule has 0 unspecified atom stereocenters. The van der Waals surface area contributed by atoms with Gasteiger partial charge in [0.25, 0.3) is 0 Å². The molecule has 0 bridgehead atoms. The van der Waals surface area contributed by atoms with Crippen molar-refractivity contribution in [2.24, 2.45) is 14.1 Å². The van der Waals surface area contributed by atoms with Crippen molar-refractivity contribution in [3.63, 3.8) is 0 Å². The van der Waals surface area contributed by atoms with Crippen LogP contribution in [0.5, 0.6) is 0 Å². The van der Waals surface area contributed by atoms with E-state index in [1.807, 2.05) is 48.5 Å². The molecule has 0 saturated carbocycles. The lowest BCUT2D eigenvalue weighted by Gasteiger charge is -2.07. The molecule has 0 saturated heterocycles. The van der Waals surface area contributed by atoms with Crippen molar-refractivity contribution in [3.8, 4) is 0 Å². The van der Waals surface area contributed by atoms with Gasteiger partial charge in [-0.25, -0.2) is 9.36 Å². The molecule has 36 heavy (non-hydrogen) atoms. The number of thioether (sulfide) groups is 2. The molecular formula is C20H20N10O2S4. The fraction of sp³-hybridized carbons (Fsp3) is 0.200. The Morgan fingerprint density at radius 3 is 1.42 bits per heavy atom. The maximum absolute atomic E-state index is 12.2. The molecule has 16 heteroatoms. The number of tetrazole rings is 2. The average molecular weight is 561 g/mol. The molecule has 2 N–H and O–H groups in total. The molecule has 0 spiro atoms. The van der Waals surface area contributed by atoms with Crippen molar-refractivity contribution in [1.29, 1.82) is 0 Å². The fourth-order valence-corrected chi connectivity index (χ4v) is 5.86. The number of carbonyl (C=O) groups excluding carboxylic acids is 2. The van der Waals surface area contributed by atoms with Crippen LogP contribution in [0.15, 0.2) is 68.6 Å². The number of anilines is 2. The van der Waals surface area contributed by atoms with E-state index in [9.17, 15) is 9.59 Å². The third kappa shape index (κ3) is 7.71. The number of aryl methyl sites for hydroxylation is 2. The number of hydrogen-bond acceptors (Lipinski definition) is 12. The molecule has 2 aromatic heterocycles. The van der Waals surface area contributed by atoms with Crippen LogP contribution in [-0.2, 0) is 23.7 Å². The highest BCUT2D eigenvalue weighted by Crippen LogP contribution is 2.38. The number of nitrogens with one attached hydrogen (secondary N) is 2. The number of aromatic nitrogens is 8. The Morgan fingerprint density at radius 2 is 1.08 bits per heavy atom. The summed E-state index contributed by atoms with van der Waals surface area (Å²) < 4.78 is 3.04. The molecule has 2 amide bonds. The zero-order valence-corrected chi connectivity index (χ0v) is 22.3. The van der Waals surface area contributed by atoms with E-state index < -0.39 is 0 Å². The zero-order valence-electron chi connectivity index (χ0n) is 19.1. The van der Waals surface area contributed by atoms with Crippen molar-refractivity contribution in [1.82, 2.24) is 40.4 Å². The van der Waals surface area contributed by atoms with Crippen molar-refractivity contribution >= 4 is 68.3 Å². The second-order valence-corrected chi connectivity index (χ2v) is 11.2. The first kappa shape index (κ1) is 26.0. The van der Waals surface area contributed by atoms with Gasteiger partial charge >= 0.3 is 0 Å². The van der Waals surface area contributed by atoms with Crippen LogP contribution in [0.2, 0.25) is 0 Å². The predicted octanol–water partition coefficient (Wildman–Crippen LogP) is 2.99. The van der Waals surface area contributed by atoms with Crippen molar-refractivity contribution in [3.05, 3.63) is 48.5 Å². The molecule has 0 fully saturated rings. The van der Waals surface area contributed by atoms with Gasteiger partial charge in [0.15, 0.2) is 0 Å². The molecule has 2 aromatic carbocycles.